The van der Waals surface area contributed by atoms with Gasteiger partial charge in [-0.2, -0.15) is 5.26 Å². The highest BCUT2D eigenvalue weighted by molar-refractivity contribution is 5.87. The average Bonchev–Trinajstić information content (AvgIpc) is 2.67. The number of fused-ring (bicyclic) bond motifs is 2. The van der Waals surface area contributed by atoms with E-state index >= 15 is 0 Å². The third-order valence-electron chi connectivity index (χ3n) is 4.42. The van der Waals surface area contributed by atoms with Crippen LogP contribution < -0.4 is 15.9 Å². The van der Waals surface area contributed by atoms with Crippen LogP contribution in [0.4, 0.5) is 0 Å². The number of ether oxygens (including phenoxy) is 1. The third-order valence-corrected chi connectivity index (χ3v) is 4.42. The minimum absolute atomic E-state index is 0.0587. The first-order chi connectivity index (χ1) is 12.6. The molecule has 1 aliphatic heterocycles. The highest BCUT2D eigenvalue weighted by Crippen LogP contribution is 2.43. The number of allylic oxidation sites excluding steroid dienone is 1. The lowest BCUT2D eigenvalue weighted by Gasteiger charge is -2.25. The second-order valence-electron chi connectivity index (χ2n) is 5.92. The number of hydrogen-bond donors (Lipinski definition) is 2. The van der Waals surface area contributed by atoms with Crippen LogP contribution in [0.25, 0.3) is 10.8 Å². The van der Waals surface area contributed by atoms with Gasteiger partial charge in [-0.1, -0.05) is 42.5 Å². The van der Waals surface area contributed by atoms with Gasteiger partial charge in [0.1, 0.15) is 24.0 Å². The fraction of sp³-hybridized carbons (Fsp3) is 0.100. The van der Waals surface area contributed by atoms with Crippen LogP contribution in [0.2, 0.25) is 0 Å². The molecule has 0 radical (unpaired) electrons. The highest BCUT2D eigenvalue weighted by atomic mass is 16.5. The number of nitrogens with two attached hydrogens (primary N) is 1. The van der Waals surface area contributed by atoms with Crippen molar-refractivity contribution in [3.8, 4) is 11.8 Å². The molecule has 0 saturated heterocycles. The van der Waals surface area contributed by atoms with Crippen molar-refractivity contribution in [3.05, 3.63) is 87.3 Å². The van der Waals surface area contributed by atoms with Crippen molar-refractivity contribution in [3.63, 3.8) is 0 Å². The molecule has 1 aliphatic rings. The predicted octanol–water partition coefficient (Wildman–Crippen LogP) is 2.50. The number of nitrogens with zero attached hydrogens (tertiary/aromatic N) is 1. The van der Waals surface area contributed by atoms with Gasteiger partial charge in [0.25, 0.3) is 0 Å². The second kappa shape index (κ2) is 6.06. The Hall–Kier alpha value is -3.56. The van der Waals surface area contributed by atoms with E-state index in [0.29, 0.717) is 0 Å². The van der Waals surface area contributed by atoms with Crippen LogP contribution in [0, 0.1) is 11.3 Å². The number of hydrogen-bond acceptors (Lipinski definition) is 6. The van der Waals surface area contributed by atoms with E-state index < -0.39 is 18.0 Å². The smallest absolute Gasteiger partial charge is 0.228 e. The zero-order valence-electron chi connectivity index (χ0n) is 13.6. The maximum atomic E-state index is 12.4. The highest BCUT2D eigenvalue weighted by Gasteiger charge is 2.35. The number of benzene rings is 2. The molecule has 3 aromatic rings. The monoisotopic (exact) mass is 346 g/mol. The van der Waals surface area contributed by atoms with Crippen molar-refractivity contribution in [2.45, 2.75) is 12.5 Å². The molecule has 6 nitrogen and oxygen atoms in total. The van der Waals surface area contributed by atoms with Crippen LogP contribution in [0.3, 0.4) is 0 Å². The molecule has 0 aliphatic carbocycles. The molecule has 0 spiro atoms. The summed E-state index contributed by atoms with van der Waals surface area (Å²) in [6.07, 6.45) is 0. The van der Waals surface area contributed by atoms with Crippen LogP contribution in [0.15, 0.2) is 69.2 Å². The van der Waals surface area contributed by atoms with E-state index in [1.165, 1.54) is 0 Å². The molecular formula is C20H14N2O4. The molecule has 3 N–H and O–H groups in total. The van der Waals surface area contributed by atoms with Gasteiger partial charge in [0.2, 0.25) is 17.1 Å². The van der Waals surface area contributed by atoms with E-state index in [1.54, 1.807) is 0 Å². The van der Waals surface area contributed by atoms with Gasteiger partial charge in [0, 0.05) is 6.07 Å². The molecule has 1 atom stereocenters. The van der Waals surface area contributed by atoms with Gasteiger partial charge in [0.05, 0.1) is 5.92 Å². The van der Waals surface area contributed by atoms with Gasteiger partial charge in [-0.05, 0) is 16.3 Å². The molecule has 0 bridgehead atoms. The fourth-order valence-corrected chi connectivity index (χ4v) is 3.28. The molecule has 4 rings (SSSR count). The van der Waals surface area contributed by atoms with E-state index in [2.05, 4.69) is 6.07 Å². The summed E-state index contributed by atoms with van der Waals surface area (Å²) in [6.45, 7) is -0.439. The Balaban J connectivity index is 2.08. The molecule has 0 unspecified atom stereocenters. The summed E-state index contributed by atoms with van der Waals surface area (Å²) in [6, 6.07) is 16.6. The summed E-state index contributed by atoms with van der Waals surface area (Å²) in [5, 5.41) is 20.9. The molecule has 2 heterocycles. The Morgan fingerprint density at radius 1 is 1.19 bits per heavy atom. The van der Waals surface area contributed by atoms with Crippen molar-refractivity contribution in [1.82, 2.24) is 0 Å². The Kier molecular flexibility index (Phi) is 3.72. The fourth-order valence-electron chi connectivity index (χ4n) is 3.28. The van der Waals surface area contributed by atoms with Gasteiger partial charge in [0.15, 0.2) is 5.76 Å². The number of rotatable bonds is 2. The van der Waals surface area contributed by atoms with E-state index in [1.807, 2.05) is 42.5 Å². The van der Waals surface area contributed by atoms with Crippen LogP contribution in [-0.2, 0) is 6.61 Å². The lowest BCUT2D eigenvalue weighted by molar-refractivity contribution is 0.231. The summed E-state index contributed by atoms with van der Waals surface area (Å²) in [5.74, 6) is -0.614. The Morgan fingerprint density at radius 3 is 2.73 bits per heavy atom. The van der Waals surface area contributed by atoms with Crippen molar-refractivity contribution in [1.29, 1.82) is 5.26 Å². The normalized spacial score (nSPS) is 16.1. The van der Waals surface area contributed by atoms with Crippen LogP contribution in [0.5, 0.6) is 5.75 Å². The van der Waals surface area contributed by atoms with Crippen molar-refractivity contribution in [2.24, 2.45) is 5.73 Å². The van der Waals surface area contributed by atoms with Gasteiger partial charge in [-0.3, -0.25) is 4.79 Å². The molecule has 0 saturated carbocycles. The third kappa shape index (κ3) is 2.34. The van der Waals surface area contributed by atoms with Gasteiger partial charge >= 0.3 is 0 Å². The first kappa shape index (κ1) is 15.9. The Labute approximate surface area is 148 Å². The SMILES string of the molecule is N#CC1=C(N)Oc2c(oc(CO)cc2=O)[C@H]1c1cccc2ccccc12. The zero-order valence-corrected chi connectivity index (χ0v) is 13.6. The zero-order chi connectivity index (χ0) is 18.3. The quantitative estimate of drug-likeness (QED) is 0.738. The van der Waals surface area contributed by atoms with E-state index in [4.69, 9.17) is 14.9 Å². The summed E-state index contributed by atoms with van der Waals surface area (Å²) in [7, 11) is 0. The largest absolute Gasteiger partial charge is 0.458 e. The molecule has 2 aromatic carbocycles. The van der Waals surface area contributed by atoms with Crippen molar-refractivity contribution >= 4 is 10.8 Å². The second-order valence-corrected chi connectivity index (χ2v) is 5.92. The minimum atomic E-state index is -0.700. The van der Waals surface area contributed by atoms with E-state index in [0.717, 1.165) is 22.4 Å². The minimum Gasteiger partial charge on any atom is -0.458 e. The number of nitriles is 1. The molecule has 1 aromatic heterocycles. The molecule has 0 amide bonds. The van der Waals surface area contributed by atoms with Gasteiger partial charge in [-0.25, -0.2) is 0 Å². The van der Waals surface area contributed by atoms with Crippen molar-refractivity contribution in [2.75, 3.05) is 0 Å². The topological polar surface area (TPSA) is 109 Å². The summed E-state index contributed by atoms with van der Waals surface area (Å²) in [4.78, 5) is 12.4. The summed E-state index contributed by atoms with van der Waals surface area (Å²) in [5.41, 5.74) is 6.39. The van der Waals surface area contributed by atoms with Gasteiger partial charge < -0.3 is 20.0 Å². The molecule has 0 fully saturated rings. The summed E-state index contributed by atoms with van der Waals surface area (Å²) < 4.78 is 11.1. The molecule has 6 heteroatoms. The number of aliphatic hydroxyl groups excluding tert-OH is 1. The van der Waals surface area contributed by atoms with Gasteiger partial charge in [-0.15, -0.1) is 0 Å². The standard InChI is InChI=1S/C20H14N2O4/c21-9-15-17(14-7-3-5-11-4-1-2-6-13(11)14)19-18(26-20(15)22)16(24)8-12(10-23)25-19/h1-8,17,23H,10,22H2/t17-/m0/s1. The van der Waals surface area contributed by atoms with Crippen LogP contribution in [-0.4, -0.2) is 5.11 Å². The summed E-state index contributed by atoms with van der Waals surface area (Å²) >= 11 is 0. The molecule has 128 valence electrons. The Bertz CT molecular complexity index is 1150. The van der Waals surface area contributed by atoms with Crippen LogP contribution in [0.1, 0.15) is 23.0 Å². The van der Waals surface area contributed by atoms with Crippen LogP contribution >= 0.6 is 0 Å². The number of aliphatic hydroxyl groups is 1. The molecule has 26 heavy (non-hydrogen) atoms. The van der Waals surface area contributed by atoms with E-state index in [-0.39, 0.29) is 28.7 Å². The van der Waals surface area contributed by atoms with Crippen molar-refractivity contribution < 1.29 is 14.3 Å². The molecular weight excluding hydrogens is 332 g/mol. The Morgan fingerprint density at radius 2 is 1.96 bits per heavy atom. The maximum Gasteiger partial charge on any atom is 0.228 e. The maximum absolute atomic E-state index is 12.4. The first-order valence-corrected chi connectivity index (χ1v) is 7.97. The first-order valence-electron chi connectivity index (χ1n) is 7.97. The lowest BCUT2D eigenvalue weighted by atomic mass is 9.84. The predicted molar refractivity (Wildman–Crippen MR) is 94.1 cm³/mol. The lowest BCUT2D eigenvalue weighted by Crippen LogP contribution is -2.25. The van der Waals surface area contributed by atoms with E-state index in [9.17, 15) is 15.2 Å². The average molecular weight is 346 g/mol.